The van der Waals surface area contributed by atoms with E-state index >= 15 is 0 Å². The van der Waals surface area contributed by atoms with Crippen LogP contribution < -0.4 is 10.1 Å². The molecule has 160 valence electrons. The average molecular weight is 464 g/mol. The van der Waals surface area contributed by atoms with Crippen molar-refractivity contribution in [3.8, 4) is 27.0 Å². The minimum Gasteiger partial charge on any atom is -0.492 e. The second kappa shape index (κ2) is 9.36. The van der Waals surface area contributed by atoms with Gasteiger partial charge in [-0.3, -0.25) is 0 Å². The molecule has 0 aliphatic carbocycles. The zero-order valence-electron chi connectivity index (χ0n) is 16.2. The molecule has 4 aromatic rings. The van der Waals surface area contributed by atoms with Crippen LogP contribution in [0.4, 0.5) is 14.6 Å². The molecular formula is C20H16ClF2N5O2S. The van der Waals surface area contributed by atoms with Gasteiger partial charge in [0.15, 0.2) is 0 Å². The summed E-state index contributed by atoms with van der Waals surface area (Å²) in [4.78, 5) is 14.1. The van der Waals surface area contributed by atoms with Crippen LogP contribution in [0.5, 0.6) is 5.75 Å². The maximum Gasteiger partial charge on any atom is 0.216 e. The van der Waals surface area contributed by atoms with Crippen molar-refractivity contribution in [2.24, 2.45) is 0 Å². The minimum atomic E-state index is -0.675. The Bertz CT molecular complexity index is 1160. The van der Waals surface area contributed by atoms with Crippen LogP contribution in [0.2, 0.25) is 5.02 Å². The van der Waals surface area contributed by atoms with Gasteiger partial charge in [-0.25, -0.2) is 18.7 Å². The molecule has 0 bridgehead atoms. The lowest BCUT2D eigenvalue weighted by molar-refractivity contribution is 0.342. The van der Waals surface area contributed by atoms with Gasteiger partial charge in [0.05, 0.1) is 17.2 Å². The standard InChI is InChI=1S/C20H16ClF2N5O2S/c1-2-29-16-8-17(31-19(16)20-27-10-30-28-20)15-7-18(26-9-25-15)24-4-3-12-13(22)5-11(21)6-14(12)23/h5-10H,2-4H2,1H3,(H,24,25,26). The fourth-order valence-electron chi connectivity index (χ4n) is 2.90. The number of hydrogen-bond acceptors (Lipinski definition) is 8. The molecule has 7 nitrogen and oxygen atoms in total. The van der Waals surface area contributed by atoms with Crippen molar-refractivity contribution in [3.63, 3.8) is 0 Å². The molecule has 3 heterocycles. The molecule has 0 amide bonds. The van der Waals surface area contributed by atoms with Gasteiger partial charge in [-0.15, -0.1) is 11.3 Å². The number of anilines is 1. The van der Waals surface area contributed by atoms with Gasteiger partial charge >= 0.3 is 0 Å². The maximum atomic E-state index is 13.9. The summed E-state index contributed by atoms with van der Waals surface area (Å²) < 4.78 is 38.4. The van der Waals surface area contributed by atoms with Crippen LogP contribution >= 0.6 is 22.9 Å². The van der Waals surface area contributed by atoms with Gasteiger partial charge in [0.2, 0.25) is 12.2 Å². The SMILES string of the molecule is CCOc1cc(-c2cc(NCCc3c(F)cc(Cl)cc3F)ncn2)sc1-c1ncon1. The highest BCUT2D eigenvalue weighted by Crippen LogP contribution is 2.41. The normalized spacial score (nSPS) is 11.0. The summed E-state index contributed by atoms with van der Waals surface area (Å²) in [5.41, 5.74) is 0.623. The topological polar surface area (TPSA) is 86.0 Å². The number of thiophene rings is 1. The monoisotopic (exact) mass is 463 g/mol. The van der Waals surface area contributed by atoms with Crippen molar-refractivity contribution < 1.29 is 18.0 Å². The summed E-state index contributed by atoms with van der Waals surface area (Å²) >= 11 is 7.06. The first-order chi connectivity index (χ1) is 15.0. The molecule has 0 saturated heterocycles. The van der Waals surface area contributed by atoms with Gasteiger partial charge in [0, 0.05) is 29.3 Å². The Balaban J connectivity index is 1.51. The van der Waals surface area contributed by atoms with E-state index in [4.69, 9.17) is 20.9 Å². The second-order valence-corrected chi connectivity index (χ2v) is 7.79. The van der Waals surface area contributed by atoms with Gasteiger partial charge in [0.25, 0.3) is 0 Å². The van der Waals surface area contributed by atoms with Gasteiger partial charge in [-0.1, -0.05) is 16.8 Å². The Labute approximate surface area is 185 Å². The molecule has 0 fully saturated rings. The molecule has 0 spiro atoms. The van der Waals surface area contributed by atoms with Crippen molar-refractivity contribution in [3.05, 3.63) is 59.2 Å². The Hall–Kier alpha value is -3.11. The lowest BCUT2D eigenvalue weighted by Crippen LogP contribution is -2.09. The zero-order valence-corrected chi connectivity index (χ0v) is 17.8. The van der Waals surface area contributed by atoms with Crippen LogP contribution in [-0.2, 0) is 6.42 Å². The van der Waals surface area contributed by atoms with E-state index in [2.05, 4.69) is 25.4 Å². The first-order valence-electron chi connectivity index (χ1n) is 9.28. The van der Waals surface area contributed by atoms with Crippen LogP contribution in [-0.4, -0.2) is 33.3 Å². The van der Waals surface area contributed by atoms with Crippen LogP contribution in [0.25, 0.3) is 21.3 Å². The molecule has 0 unspecified atom stereocenters. The molecule has 11 heteroatoms. The number of aromatic nitrogens is 4. The van der Waals surface area contributed by atoms with Gasteiger partial charge in [0.1, 0.15) is 34.4 Å². The molecule has 0 aliphatic heterocycles. The smallest absolute Gasteiger partial charge is 0.216 e. The first kappa shape index (κ1) is 21.1. The predicted molar refractivity (Wildman–Crippen MR) is 113 cm³/mol. The van der Waals surface area contributed by atoms with Crippen molar-refractivity contribution in [2.45, 2.75) is 13.3 Å². The van der Waals surface area contributed by atoms with Gasteiger partial charge in [-0.2, -0.15) is 4.98 Å². The van der Waals surface area contributed by atoms with E-state index in [0.717, 1.165) is 21.9 Å². The molecule has 0 saturated carbocycles. The summed E-state index contributed by atoms with van der Waals surface area (Å²) in [6, 6.07) is 5.79. The van der Waals surface area contributed by atoms with E-state index in [1.807, 2.05) is 13.0 Å². The van der Waals surface area contributed by atoms with Crippen molar-refractivity contribution in [1.82, 2.24) is 20.1 Å². The molecule has 0 aliphatic rings. The minimum absolute atomic E-state index is 0.0229. The summed E-state index contributed by atoms with van der Waals surface area (Å²) in [5.74, 6) is 0.231. The zero-order chi connectivity index (χ0) is 21.8. The number of benzene rings is 1. The molecule has 4 rings (SSSR count). The number of nitrogens with one attached hydrogen (secondary N) is 1. The van der Waals surface area contributed by atoms with E-state index in [0.29, 0.717) is 29.7 Å². The summed E-state index contributed by atoms with van der Waals surface area (Å²) in [6.07, 6.45) is 2.79. The Morgan fingerprint density at radius 3 is 2.65 bits per heavy atom. The molecule has 3 aromatic heterocycles. The highest BCUT2D eigenvalue weighted by molar-refractivity contribution is 7.19. The highest BCUT2D eigenvalue weighted by Gasteiger charge is 2.18. The van der Waals surface area contributed by atoms with Crippen molar-refractivity contribution in [2.75, 3.05) is 18.5 Å². The quantitative estimate of drug-likeness (QED) is 0.382. The van der Waals surface area contributed by atoms with Crippen LogP contribution in [0.15, 0.2) is 41.5 Å². The lowest BCUT2D eigenvalue weighted by atomic mass is 10.1. The molecule has 1 N–H and O–H groups in total. The third-order valence-corrected chi connectivity index (χ3v) is 5.62. The van der Waals surface area contributed by atoms with Crippen molar-refractivity contribution in [1.29, 1.82) is 0 Å². The third-order valence-electron chi connectivity index (χ3n) is 4.27. The van der Waals surface area contributed by atoms with E-state index in [1.165, 1.54) is 24.1 Å². The van der Waals surface area contributed by atoms with Crippen molar-refractivity contribution >= 4 is 28.8 Å². The fourth-order valence-corrected chi connectivity index (χ4v) is 4.10. The first-order valence-corrected chi connectivity index (χ1v) is 10.5. The molecule has 1 aromatic carbocycles. The fraction of sp³-hybridized carbons (Fsp3) is 0.200. The molecular weight excluding hydrogens is 448 g/mol. The van der Waals surface area contributed by atoms with Crippen LogP contribution in [0, 0.1) is 11.6 Å². The van der Waals surface area contributed by atoms with E-state index < -0.39 is 11.6 Å². The van der Waals surface area contributed by atoms with Gasteiger partial charge < -0.3 is 14.6 Å². The summed E-state index contributed by atoms with van der Waals surface area (Å²) in [5, 5.41) is 6.96. The summed E-state index contributed by atoms with van der Waals surface area (Å²) in [7, 11) is 0. The summed E-state index contributed by atoms with van der Waals surface area (Å²) in [6.45, 7) is 2.64. The number of ether oxygens (including phenoxy) is 1. The predicted octanol–water partition coefficient (Wildman–Crippen LogP) is 5.24. The maximum absolute atomic E-state index is 13.9. The third kappa shape index (κ3) is 4.80. The van der Waals surface area contributed by atoms with E-state index in [1.54, 1.807) is 6.07 Å². The van der Waals surface area contributed by atoms with Crippen LogP contribution in [0.3, 0.4) is 0 Å². The van der Waals surface area contributed by atoms with Gasteiger partial charge in [-0.05, 0) is 25.5 Å². The number of nitrogens with zero attached hydrogens (tertiary/aromatic N) is 4. The molecule has 0 radical (unpaired) electrons. The average Bonchev–Trinajstić information content (AvgIpc) is 3.40. The Morgan fingerprint density at radius 1 is 1.13 bits per heavy atom. The number of rotatable bonds is 8. The highest BCUT2D eigenvalue weighted by atomic mass is 35.5. The molecule has 31 heavy (non-hydrogen) atoms. The Kier molecular flexibility index (Phi) is 6.38. The Morgan fingerprint density at radius 2 is 1.94 bits per heavy atom. The largest absolute Gasteiger partial charge is 0.492 e. The number of hydrogen-bond donors (Lipinski definition) is 1. The second-order valence-electron chi connectivity index (χ2n) is 6.31. The molecule has 0 atom stereocenters. The number of halogens is 3. The van der Waals surface area contributed by atoms with E-state index in [-0.39, 0.29) is 23.6 Å². The lowest BCUT2D eigenvalue weighted by Gasteiger charge is -2.08. The van der Waals surface area contributed by atoms with Crippen LogP contribution in [0.1, 0.15) is 12.5 Å². The van der Waals surface area contributed by atoms with E-state index in [9.17, 15) is 8.78 Å².